The summed E-state index contributed by atoms with van der Waals surface area (Å²) in [6, 6.07) is 15.7. The molecule has 4 aromatic rings. The van der Waals surface area contributed by atoms with Crippen LogP contribution in [-0.4, -0.2) is 72.3 Å². The van der Waals surface area contributed by atoms with E-state index in [4.69, 9.17) is 25.8 Å². The van der Waals surface area contributed by atoms with Gasteiger partial charge in [-0.1, -0.05) is 23.7 Å². The van der Waals surface area contributed by atoms with E-state index in [1.807, 2.05) is 24.3 Å². The molecule has 1 N–H and O–H groups in total. The summed E-state index contributed by atoms with van der Waals surface area (Å²) in [5.41, 5.74) is 2.21. The highest BCUT2D eigenvalue weighted by Gasteiger charge is 2.21. The van der Waals surface area contributed by atoms with Crippen LogP contribution in [0.25, 0.3) is 10.9 Å². The Morgan fingerprint density at radius 3 is 2.59 bits per heavy atom. The number of ether oxygens (including phenoxy) is 3. The van der Waals surface area contributed by atoms with Gasteiger partial charge in [0.05, 0.1) is 28.6 Å². The van der Waals surface area contributed by atoms with Gasteiger partial charge in [0.1, 0.15) is 41.8 Å². The molecule has 0 unspecified atom stereocenters. The van der Waals surface area contributed by atoms with Crippen molar-refractivity contribution < 1.29 is 18.6 Å². The number of nitrogens with one attached hydrogen (secondary N) is 1. The molecule has 0 amide bonds. The van der Waals surface area contributed by atoms with Crippen molar-refractivity contribution in [2.24, 2.45) is 0 Å². The highest BCUT2D eigenvalue weighted by atomic mass is 35.5. The normalized spacial score (nSPS) is 16.3. The molecule has 2 fully saturated rings. The lowest BCUT2D eigenvalue weighted by Crippen LogP contribution is -2.44. The number of nitrogens with zero attached hydrogens (tertiary/aromatic N) is 4. The van der Waals surface area contributed by atoms with Crippen LogP contribution in [0.3, 0.4) is 0 Å². The molecule has 1 saturated carbocycles. The minimum absolute atomic E-state index is 0.155. The van der Waals surface area contributed by atoms with Crippen LogP contribution in [0.2, 0.25) is 5.02 Å². The first kappa shape index (κ1) is 30.4. The summed E-state index contributed by atoms with van der Waals surface area (Å²) in [6.45, 7) is 6.31. The molecule has 2 aliphatic rings. The van der Waals surface area contributed by atoms with E-state index in [1.165, 1.54) is 25.0 Å². The molecule has 232 valence electrons. The number of piperazine rings is 1. The molecule has 44 heavy (non-hydrogen) atoms. The fourth-order valence-electron chi connectivity index (χ4n) is 5.76. The quantitative estimate of drug-likeness (QED) is 0.169. The maximum Gasteiger partial charge on any atom is 0.145 e. The van der Waals surface area contributed by atoms with Crippen molar-refractivity contribution >= 4 is 34.0 Å². The van der Waals surface area contributed by atoms with Crippen LogP contribution in [0.1, 0.15) is 37.7 Å². The fraction of sp³-hybridized carbons (Fsp3) is 0.412. The molecule has 3 aromatic carbocycles. The Balaban J connectivity index is 1.17. The predicted molar refractivity (Wildman–Crippen MR) is 172 cm³/mol. The van der Waals surface area contributed by atoms with E-state index in [0.717, 1.165) is 79.9 Å². The van der Waals surface area contributed by atoms with Gasteiger partial charge in [-0.05, 0) is 75.0 Å². The molecule has 0 bridgehead atoms. The zero-order valence-electron chi connectivity index (χ0n) is 25.1. The molecule has 0 radical (unpaired) electrons. The van der Waals surface area contributed by atoms with Gasteiger partial charge in [-0.15, -0.1) is 0 Å². The number of benzene rings is 3. The molecule has 1 saturated heterocycles. The standard InChI is InChI=1S/C34H39ClFN5O3/c1-40-13-15-41(16-14-40)12-5-17-42-28-20-30-33(32(21-28)44-27-8-2-3-9-27)34(38-23-37-30)39-26-10-11-31(29(35)19-26)43-22-24-6-4-7-25(36)18-24/h4,6-7,10-11,18-21,23,27H,2-3,5,8-9,12-17,22H2,1H3,(H,37,38,39). The molecular weight excluding hydrogens is 581 g/mol. The summed E-state index contributed by atoms with van der Waals surface area (Å²) >= 11 is 6.57. The molecular formula is C34H39ClFN5O3. The molecule has 1 aromatic heterocycles. The van der Waals surface area contributed by atoms with Gasteiger partial charge in [0.25, 0.3) is 0 Å². The number of likely N-dealkylation sites (N-methyl/N-ethyl adjacent to an activating group) is 1. The Bertz CT molecular complexity index is 1560. The summed E-state index contributed by atoms with van der Waals surface area (Å²) in [4.78, 5) is 14.0. The van der Waals surface area contributed by atoms with Crippen LogP contribution in [0.15, 0.2) is 60.9 Å². The Labute approximate surface area is 263 Å². The van der Waals surface area contributed by atoms with Gasteiger partial charge in [0, 0.05) is 50.5 Å². The second kappa shape index (κ2) is 14.4. The van der Waals surface area contributed by atoms with Crippen LogP contribution in [0.5, 0.6) is 17.2 Å². The number of halogens is 2. The third-order valence-electron chi connectivity index (χ3n) is 8.23. The molecule has 8 nitrogen and oxygen atoms in total. The second-order valence-corrected chi connectivity index (χ2v) is 12.0. The third kappa shape index (κ3) is 7.88. The Kier molecular flexibility index (Phi) is 9.95. The van der Waals surface area contributed by atoms with E-state index < -0.39 is 0 Å². The minimum Gasteiger partial charge on any atom is -0.493 e. The first-order valence-corrected chi connectivity index (χ1v) is 15.8. The molecule has 2 heterocycles. The van der Waals surface area contributed by atoms with Crippen molar-refractivity contribution in [3.63, 3.8) is 0 Å². The van der Waals surface area contributed by atoms with Crippen LogP contribution < -0.4 is 19.5 Å². The van der Waals surface area contributed by atoms with Gasteiger partial charge in [0.15, 0.2) is 0 Å². The minimum atomic E-state index is -0.301. The fourth-order valence-corrected chi connectivity index (χ4v) is 5.99. The Morgan fingerprint density at radius 2 is 1.80 bits per heavy atom. The largest absolute Gasteiger partial charge is 0.493 e. The zero-order chi connectivity index (χ0) is 30.3. The van der Waals surface area contributed by atoms with Gasteiger partial charge < -0.3 is 29.3 Å². The van der Waals surface area contributed by atoms with Gasteiger partial charge in [-0.25, -0.2) is 14.4 Å². The SMILES string of the molecule is CN1CCN(CCCOc2cc(OC3CCCC3)c3c(Nc4ccc(OCc5cccc(F)c5)c(Cl)c4)ncnc3c2)CC1. The monoisotopic (exact) mass is 619 g/mol. The highest BCUT2D eigenvalue weighted by Crippen LogP contribution is 2.38. The number of hydrogen-bond acceptors (Lipinski definition) is 8. The van der Waals surface area contributed by atoms with Crippen molar-refractivity contribution in [1.29, 1.82) is 0 Å². The average molecular weight is 620 g/mol. The van der Waals surface area contributed by atoms with E-state index in [2.05, 4.69) is 32.1 Å². The van der Waals surface area contributed by atoms with Crippen molar-refractivity contribution in [2.75, 3.05) is 51.7 Å². The van der Waals surface area contributed by atoms with Gasteiger partial charge in [0.2, 0.25) is 0 Å². The van der Waals surface area contributed by atoms with Crippen molar-refractivity contribution in [1.82, 2.24) is 19.8 Å². The molecule has 10 heteroatoms. The molecule has 0 spiro atoms. The van der Waals surface area contributed by atoms with Crippen LogP contribution in [0, 0.1) is 5.82 Å². The molecule has 1 aliphatic heterocycles. The first-order valence-electron chi connectivity index (χ1n) is 15.4. The summed E-state index contributed by atoms with van der Waals surface area (Å²) < 4.78 is 32.2. The number of hydrogen-bond donors (Lipinski definition) is 1. The maximum atomic E-state index is 13.5. The third-order valence-corrected chi connectivity index (χ3v) is 8.53. The van der Waals surface area contributed by atoms with Crippen LogP contribution in [0.4, 0.5) is 15.9 Å². The number of rotatable bonds is 12. The van der Waals surface area contributed by atoms with Crippen molar-refractivity contribution in [2.45, 2.75) is 44.8 Å². The summed E-state index contributed by atoms with van der Waals surface area (Å²) in [5.74, 6) is 2.29. The van der Waals surface area contributed by atoms with Crippen LogP contribution >= 0.6 is 11.6 Å². The lowest BCUT2D eigenvalue weighted by molar-refractivity contribution is 0.145. The number of aromatic nitrogens is 2. The summed E-state index contributed by atoms with van der Waals surface area (Å²) in [5, 5.41) is 4.63. The first-order chi connectivity index (χ1) is 21.5. The topological polar surface area (TPSA) is 72.0 Å². The number of fused-ring (bicyclic) bond motifs is 1. The highest BCUT2D eigenvalue weighted by molar-refractivity contribution is 6.32. The predicted octanol–water partition coefficient (Wildman–Crippen LogP) is 7.08. The summed E-state index contributed by atoms with van der Waals surface area (Å²) in [7, 11) is 2.18. The number of anilines is 2. The second-order valence-electron chi connectivity index (χ2n) is 11.6. The van der Waals surface area contributed by atoms with Gasteiger partial charge >= 0.3 is 0 Å². The van der Waals surface area contributed by atoms with Crippen molar-refractivity contribution in [3.8, 4) is 17.2 Å². The van der Waals surface area contributed by atoms with Crippen molar-refractivity contribution in [3.05, 3.63) is 77.3 Å². The maximum absolute atomic E-state index is 13.5. The Hall–Kier alpha value is -3.66. The van der Waals surface area contributed by atoms with Gasteiger partial charge in [-0.3, -0.25) is 0 Å². The molecule has 6 rings (SSSR count). The average Bonchev–Trinajstić information content (AvgIpc) is 3.53. The van der Waals surface area contributed by atoms with E-state index in [0.29, 0.717) is 28.9 Å². The lowest BCUT2D eigenvalue weighted by atomic mass is 10.1. The van der Waals surface area contributed by atoms with E-state index in [-0.39, 0.29) is 18.5 Å². The molecule has 0 atom stereocenters. The Morgan fingerprint density at radius 1 is 0.955 bits per heavy atom. The van der Waals surface area contributed by atoms with Crippen LogP contribution in [-0.2, 0) is 6.61 Å². The van der Waals surface area contributed by atoms with E-state index in [1.54, 1.807) is 24.5 Å². The summed E-state index contributed by atoms with van der Waals surface area (Å²) in [6.07, 6.45) is 7.04. The lowest BCUT2D eigenvalue weighted by Gasteiger charge is -2.32. The van der Waals surface area contributed by atoms with E-state index >= 15 is 0 Å². The molecule has 1 aliphatic carbocycles. The zero-order valence-corrected chi connectivity index (χ0v) is 25.9. The van der Waals surface area contributed by atoms with Gasteiger partial charge in [-0.2, -0.15) is 0 Å². The van der Waals surface area contributed by atoms with E-state index in [9.17, 15) is 4.39 Å². The smallest absolute Gasteiger partial charge is 0.145 e.